The number of nitrogens with one attached hydrogen (secondary N) is 1. The van der Waals surface area contributed by atoms with Gasteiger partial charge in [-0.15, -0.1) is 0 Å². The molecule has 0 amide bonds. The average molecular weight is 286 g/mol. The fourth-order valence-electron chi connectivity index (χ4n) is 0.270. The molecule has 1 unspecified atom stereocenters. The van der Waals surface area contributed by atoms with E-state index in [1.807, 2.05) is 7.05 Å². The van der Waals surface area contributed by atoms with Crippen LogP contribution in [0.4, 0.5) is 0 Å². The number of hydrogen-bond donors (Lipinski definition) is 1. The second-order valence-corrected chi connectivity index (χ2v) is 1.47. The van der Waals surface area contributed by atoms with Gasteiger partial charge < -0.3 is 9.89 Å². The van der Waals surface area contributed by atoms with Crippen molar-refractivity contribution in [2.45, 2.75) is 6.92 Å². The third-order valence-corrected chi connectivity index (χ3v) is 0.833. The van der Waals surface area contributed by atoms with Crippen LogP contribution in [-0.4, -0.2) is 27.0 Å². The van der Waals surface area contributed by atoms with Crippen molar-refractivity contribution < 1.29 is 25.3 Å². The van der Waals surface area contributed by atoms with Crippen LogP contribution in [0.2, 0.25) is 0 Å². The van der Waals surface area contributed by atoms with E-state index in [9.17, 15) is 0 Å². The SMILES string of the molecule is CC[NH+](C)[C-]=NC.[Re]. The Kier molecular flexibility index (Phi) is 10.2. The predicted molar refractivity (Wildman–Crippen MR) is 30.8 cm³/mol. The molecule has 3 heteroatoms. The predicted octanol–water partition coefficient (Wildman–Crippen LogP) is -0.946. The smallest absolute Gasteiger partial charge is 0.0529 e. The Hall–Kier alpha value is 0.292. The second kappa shape index (κ2) is 7.29. The molecule has 0 aliphatic carbocycles. The van der Waals surface area contributed by atoms with Crippen molar-refractivity contribution >= 4 is 6.34 Å². The monoisotopic (exact) mass is 287 g/mol. The van der Waals surface area contributed by atoms with Crippen molar-refractivity contribution in [2.75, 3.05) is 20.6 Å². The third-order valence-electron chi connectivity index (χ3n) is 0.833. The van der Waals surface area contributed by atoms with Crippen molar-refractivity contribution in [2.24, 2.45) is 4.99 Å². The average Bonchev–Trinajstić information content (AvgIpc) is 1.68. The quantitative estimate of drug-likeness (QED) is 0.383. The Morgan fingerprint density at radius 2 is 2.12 bits per heavy atom. The van der Waals surface area contributed by atoms with E-state index in [0.717, 1.165) is 6.54 Å². The largest absolute Gasteiger partial charge is 0.452 e. The Labute approximate surface area is 64.6 Å². The second-order valence-electron chi connectivity index (χ2n) is 1.47. The van der Waals surface area contributed by atoms with Crippen LogP contribution in [0.1, 0.15) is 6.92 Å². The molecule has 0 aromatic rings. The summed E-state index contributed by atoms with van der Waals surface area (Å²) in [5, 5.41) is 0. The molecule has 1 atom stereocenters. The zero-order valence-electron chi connectivity index (χ0n) is 5.53. The molecule has 0 aliphatic rings. The molecule has 0 aromatic heterocycles. The maximum atomic E-state index is 3.72. The zero-order valence-corrected chi connectivity index (χ0v) is 8.25. The van der Waals surface area contributed by atoms with Crippen molar-refractivity contribution in [1.82, 2.24) is 0 Å². The normalized spacial score (nSPS) is 13.4. The van der Waals surface area contributed by atoms with Crippen LogP contribution >= 0.6 is 0 Å². The van der Waals surface area contributed by atoms with Crippen LogP contribution in [0.5, 0.6) is 0 Å². The summed E-state index contributed by atoms with van der Waals surface area (Å²) in [6, 6.07) is 0. The zero-order chi connectivity index (χ0) is 5.70. The number of hydrogen-bond acceptors (Lipinski definition) is 1. The summed E-state index contributed by atoms with van der Waals surface area (Å²) in [4.78, 5) is 4.93. The molecule has 0 heterocycles. The van der Waals surface area contributed by atoms with E-state index in [-0.39, 0.29) is 20.4 Å². The molecule has 0 saturated carbocycles. The molecular formula is C5H12N2Re. The van der Waals surface area contributed by atoms with E-state index < -0.39 is 0 Å². The van der Waals surface area contributed by atoms with Crippen LogP contribution in [0, 0.1) is 0 Å². The first kappa shape index (κ1) is 11.1. The first-order valence-electron chi connectivity index (χ1n) is 2.48. The molecule has 0 saturated heterocycles. The van der Waals surface area contributed by atoms with E-state index in [4.69, 9.17) is 0 Å². The van der Waals surface area contributed by atoms with E-state index in [1.54, 1.807) is 7.05 Å². The number of nitrogens with zero attached hydrogens (tertiary/aromatic N) is 1. The van der Waals surface area contributed by atoms with Gasteiger partial charge in [0.15, 0.2) is 0 Å². The molecule has 0 aromatic carbocycles. The minimum atomic E-state index is 0. The van der Waals surface area contributed by atoms with Gasteiger partial charge in [0, 0.05) is 27.5 Å². The summed E-state index contributed by atoms with van der Waals surface area (Å²) in [5.41, 5.74) is 0. The Bertz CT molecular complexity index is 63.4. The molecule has 49 valence electrons. The number of aliphatic imine (C=N–C) groups is 1. The summed E-state index contributed by atoms with van der Waals surface area (Å²) in [7, 11) is 3.76. The summed E-state index contributed by atoms with van der Waals surface area (Å²) >= 11 is 0. The first-order chi connectivity index (χ1) is 3.31. The van der Waals surface area contributed by atoms with Crippen LogP contribution < -0.4 is 4.90 Å². The van der Waals surface area contributed by atoms with Crippen LogP contribution in [0.3, 0.4) is 0 Å². The standard InChI is InChI=1S/C5H12N2.Re/c1-4-7(3)5-6-2;/h7H,4H2,1-3H3;. The maximum absolute atomic E-state index is 3.72. The van der Waals surface area contributed by atoms with Gasteiger partial charge in [0.1, 0.15) is 0 Å². The molecule has 1 N–H and O–H groups in total. The molecule has 2 nitrogen and oxygen atoms in total. The summed E-state index contributed by atoms with van der Waals surface area (Å²) < 4.78 is 0. The maximum Gasteiger partial charge on any atom is 0.0529 e. The van der Waals surface area contributed by atoms with E-state index in [0.29, 0.717) is 0 Å². The number of rotatable bonds is 2. The van der Waals surface area contributed by atoms with Crippen molar-refractivity contribution in [3.8, 4) is 0 Å². The Balaban J connectivity index is 0. The molecule has 0 fully saturated rings. The van der Waals surface area contributed by atoms with Crippen LogP contribution in [0.25, 0.3) is 0 Å². The summed E-state index contributed by atoms with van der Waals surface area (Å²) in [6.45, 7) is 3.14. The molecule has 0 spiro atoms. The fraction of sp³-hybridized carbons (Fsp3) is 0.800. The van der Waals surface area contributed by atoms with E-state index in [1.165, 1.54) is 4.90 Å². The molecule has 0 bridgehead atoms. The Morgan fingerprint density at radius 3 is 2.25 bits per heavy atom. The Morgan fingerprint density at radius 1 is 1.62 bits per heavy atom. The fourth-order valence-corrected chi connectivity index (χ4v) is 0.270. The molecule has 0 aliphatic heterocycles. The van der Waals surface area contributed by atoms with Gasteiger partial charge in [0.25, 0.3) is 0 Å². The molecule has 0 rings (SSSR count). The minimum absolute atomic E-state index is 0. The topological polar surface area (TPSA) is 16.8 Å². The van der Waals surface area contributed by atoms with Crippen molar-refractivity contribution in [3.05, 3.63) is 0 Å². The van der Waals surface area contributed by atoms with Crippen molar-refractivity contribution in [3.63, 3.8) is 0 Å². The van der Waals surface area contributed by atoms with Gasteiger partial charge in [0.05, 0.1) is 6.54 Å². The van der Waals surface area contributed by atoms with Gasteiger partial charge in [-0.25, -0.2) is 0 Å². The van der Waals surface area contributed by atoms with Crippen LogP contribution in [0.15, 0.2) is 4.99 Å². The number of quaternary nitrogens is 1. The molecule has 1 radical (unpaired) electrons. The van der Waals surface area contributed by atoms with E-state index >= 15 is 0 Å². The summed E-state index contributed by atoms with van der Waals surface area (Å²) in [5.74, 6) is 0. The van der Waals surface area contributed by atoms with Crippen LogP contribution in [-0.2, 0) is 20.4 Å². The van der Waals surface area contributed by atoms with Gasteiger partial charge in [0.2, 0.25) is 0 Å². The molecule has 8 heavy (non-hydrogen) atoms. The van der Waals surface area contributed by atoms with Gasteiger partial charge in [-0.1, -0.05) is 0 Å². The van der Waals surface area contributed by atoms with Gasteiger partial charge >= 0.3 is 0 Å². The summed E-state index contributed by atoms with van der Waals surface area (Å²) in [6.07, 6.45) is 2.84. The van der Waals surface area contributed by atoms with Crippen molar-refractivity contribution in [1.29, 1.82) is 0 Å². The van der Waals surface area contributed by atoms with E-state index in [2.05, 4.69) is 18.3 Å². The third kappa shape index (κ3) is 6.29. The van der Waals surface area contributed by atoms with Gasteiger partial charge in [-0.3, -0.25) is 0 Å². The molecular weight excluding hydrogens is 274 g/mol. The van der Waals surface area contributed by atoms with Gasteiger partial charge in [-0.05, 0) is 14.0 Å². The van der Waals surface area contributed by atoms with Gasteiger partial charge in [-0.2, -0.15) is 6.34 Å². The minimum Gasteiger partial charge on any atom is -0.452 e. The first-order valence-corrected chi connectivity index (χ1v) is 2.48.